The van der Waals surface area contributed by atoms with Gasteiger partial charge in [0.25, 0.3) is 0 Å². The molecule has 6 aromatic heterocycles. The minimum atomic E-state index is 0.0972. The molecule has 13 rings (SSSR count). The molecule has 1 aliphatic heterocycles. The summed E-state index contributed by atoms with van der Waals surface area (Å²) in [5.41, 5.74) is 15.6. The van der Waals surface area contributed by atoms with Crippen molar-refractivity contribution in [3.63, 3.8) is 0 Å². The highest BCUT2D eigenvalue weighted by Gasteiger charge is 2.20. The van der Waals surface area contributed by atoms with Crippen LogP contribution in [0, 0.1) is 0 Å². The highest BCUT2D eigenvalue weighted by molar-refractivity contribution is 6.14. The summed E-state index contributed by atoms with van der Waals surface area (Å²) in [4.78, 5) is 14.1. The maximum absolute atomic E-state index is 6.57. The van der Waals surface area contributed by atoms with Crippen LogP contribution in [0.15, 0.2) is 211 Å². The van der Waals surface area contributed by atoms with Crippen molar-refractivity contribution in [2.24, 2.45) is 0 Å². The van der Waals surface area contributed by atoms with Gasteiger partial charge in [-0.25, -0.2) is 0 Å². The van der Waals surface area contributed by atoms with Crippen LogP contribution >= 0.6 is 0 Å². The van der Waals surface area contributed by atoms with Crippen LogP contribution in [0.5, 0.6) is 0 Å². The Kier molecular flexibility index (Phi) is 7.83. The fourth-order valence-corrected chi connectivity index (χ4v) is 9.58. The topological polar surface area (TPSA) is 73.7 Å². The van der Waals surface area contributed by atoms with Crippen molar-refractivity contribution < 1.29 is 4.42 Å². The van der Waals surface area contributed by atoms with E-state index in [1.54, 1.807) is 0 Å². The van der Waals surface area contributed by atoms with Crippen LogP contribution in [-0.4, -0.2) is 24.1 Å². The van der Waals surface area contributed by atoms with Gasteiger partial charge in [0.05, 0.1) is 45.2 Å². The van der Waals surface area contributed by atoms with E-state index in [4.69, 9.17) is 4.42 Å². The highest BCUT2D eigenvalue weighted by Crippen LogP contribution is 2.41. The minimum Gasteiger partial charge on any atom is -0.456 e. The van der Waals surface area contributed by atoms with E-state index in [0.29, 0.717) is 0 Å². The number of dihydropyridines is 1. The molecule has 1 atom stereocenters. The molecule has 1 unspecified atom stereocenters. The molecular weight excluding hydrogens is 773 g/mol. The second kappa shape index (κ2) is 14.0. The lowest BCUT2D eigenvalue weighted by molar-refractivity contribution is 0.669. The summed E-state index contributed by atoms with van der Waals surface area (Å²) in [6.07, 6.45) is 13.9. The van der Waals surface area contributed by atoms with Crippen molar-refractivity contribution in [3.8, 4) is 45.1 Å². The summed E-state index contributed by atoms with van der Waals surface area (Å²) in [6.45, 7) is 0. The first-order valence-corrected chi connectivity index (χ1v) is 21.2. The van der Waals surface area contributed by atoms with Crippen molar-refractivity contribution in [2.45, 2.75) is 6.04 Å². The number of benzene rings is 6. The van der Waals surface area contributed by atoms with E-state index in [2.05, 4.69) is 169 Å². The van der Waals surface area contributed by atoms with Gasteiger partial charge in [0.1, 0.15) is 11.2 Å². The molecule has 1 aliphatic rings. The number of furan rings is 1. The number of rotatable bonds is 6. The van der Waals surface area contributed by atoms with Gasteiger partial charge in [0, 0.05) is 79.0 Å². The fourth-order valence-electron chi connectivity index (χ4n) is 9.58. The first-order valence-electron chi connectivity index (χ1n) is 21.2. The third kappa shape index (κ3) is 5.71. The monoisotopic (exact) mass is 808 g/mol. The zero-order valence-electron chi connectivity index (χ0n) is 33.9. The number of nitrogens with one attached hydrogen (secondary N) is 1. The molecule has 0 radical (unpaired) electrons. The Morgan fingerprint density at radius 3 is 1.30 bits per heavy atom. The van der Waals surface area contributed by atoms with Gasteiger partial charge in [-0.15, -0.1) is 0 Å². The maximum Gasteiger partial charge on any atom is 0.135 e. The van der Waals surface area contributed by atoms with Crippen molar-refractivity contribution in [1.29, 1.82) is 0 Å². The normalized spacial score (nSPS) is 13.9. The average Bonchev–Trinajstić information content (AvgIpc) is 4.01. The van der Waals surface area contributed by atoms with Crippen molar-refractivity contribution in [1.82, 2.24) is 29.4 Å². The van der Waals surface area contributed by atoms with Crippen LogP contribution in [0.4, 0.5) is 0 Å². The predicted molar refractivity (Wildman–Crippen MR) is 256 cm³/mol. The van der Waals surface area contributed by atoms with Crippen LogP contribution in [0.25, 0.3) is 111 Å². The van der Waals surface area contributed by atoms with Crippen LogP contribution < -0.4 is 5.32 Å². The molecular formula is C56H36N6O. The molecule has 0 bridgehead atoms. The van der Waals surface area contributed by atoms with E-state index < -0.39 is 0 Å². The zero-order valence-corrected chi connectivity index (χ0v) is 33.9. The quantitative estimate of drug-likeness (QED) is 0.181. The fraction of sp³-hybridized carbons (Fsp3) is 0.0179. The standard InChI is InChI=1S/C56H36N6O/c1-5-25-57-47(9-1)35-13-19-51-41(29-35)42-30-36(48-10-2-6-26-58-48)14-20-52(42)61(51)39-17-23-55-45(33-39)46-34-40(18-24-56(46)63-55)62-53-21-15-37(49-11-3-7-27-59-49)31-43(53)44-32-38(16-22-54(44)62)50-12-4-8-28-60-50/h1-34,47,57H. The number of fused-ring (bicyclic) bond motifs is 9. The summed E-state index contributed by atoms with van der Waals surface area (Å²) >= 11 is 0. The molecule has 0 saturated heterocycles. The van der Waals surface area contributed by atoms with E-state index in [0.717, 1.165) is 99.9 Å². The van der Waals surface area contributed by atoms with Gasteiger partial charge in [-0.2, -0.15) is 0 Å². The first-order chi connectivity index (χ1) is 31.2. The van der Waals surface area contributed by atoms with Crippen LogP contribution in [0.3, 0.4) is 0 Å². The second-order valence-corrected chi connectivity index (χ2v) is 16.1. The average molecular weight is 809 g/mol. The third-order valence-corrected chi connectivity index (χ3v) is 12.5. The summed E-state index contributed by atoms with van der Waals surface area (Å²) in [5.74, 6) is 0. The lowest BCUT2D eigenvalue weighted by Crippen LogP contribution is -2.14. The van der Waals surface area contributed by atoms with Gasteiger partial charge in [-0.05, 0) is 139 Å². The Hall–Kier alpha value is -8.55. The summed E-state index contributed by atoms with van der Waals surface area (Å²) in [5, 5.41) is 10.3. The van der Waals surface area contributed by atoms with E-state index in [-0.39, 0.29) is 6.04 Å². The molecule has 0 saturated carbocycles. The van der Waals surface area contributed by atoms with Crippen molar-refractivity contribution in [2.75, 3.05) is 0 Å². The van der Waals surface area contributed by atoms with E-state index in [1.807, 2.05) is 67.3 Å². The van der Waals surface area contributed by atoms with Gasteiger partial charge in [-0.1, -0.05) is 54.6 Å². The lowest BCUT2D eigenvalue weighted by atomic mass is 10.0. The number of nitrogens with zero attached hydrogens (tertiary/aromatic N) is 5. The summed E-state index contributed by atoms with van der Waals surface area (Å²) in [7, 11) is 0. The lowest BCUT2D eigenvalue weighted by Gasteiger charge is -2.16. The highest BCUT2D eigenvalue weighted by atomic mass is 16.3. The molecule has 0 amide bonds. The molecule has 6 aromatic carbocycles. The van der Waals surface area contributed by atoms with Gasteiger partial charge in [0.2, 0.25) is 0 Å². The smallest absolute Gasteiger partial charge is 0.135 e. The zero-order chi connectivity index (χ0) is 41.4. The molecule has 1 N–H and O–H groups in total. The largest absolute Gasteiger partial charge is 0.456 e. The Balaban J connectivity index is 0.997. The molecule has 7 nitrogen and oxygen atoms in total. The number of aromatic nitrogens is 5. The second-order valence-electron chi connectivity index (χ2n) is 16.1. The first kappa shape index (κ1) is 35.2. The number of hydrogen-bond donors (Lipinski definition) is 1. The Morgan fingerprint density at radius 1 is 0.413 bits per heavy atom. The van der Waals surface area contributed by atoms with E-state index in [1.165, 1.54) is 16.3 Å². The summed E-state index contributed by atoms with van der Waals surface area (Å²) < 4.78 is 11.3. The van der Waals surface area contributed by atoms with Gasteiger partial charge >= 0.3 is 0 Å². The van der Waals surface area contributed by atoms with E-state index >= 15 is 0 Å². The number of hydrogen-bond acceptors (Lipinski definition) is 5. The summed E-state index contributed by atoms with van der Waals surface area (Å²) in [6, 6.07) is 58.2. The molecule has 12 aromatic rings. The van der Waals surface area contributed by atoms with Crippen molar-refractivity contribution >= 4 is 65.6 Å². The van der Waals surface area contributed by atoms with Crippen LogP contribution in [-0.2, 0) is 0 Å². The van der Waals surface area contributed by atoms with Crippen LogP contribution in [0.2, 0.25) is 0 Å². The van der Waals surface area contributed by atoms with Gasteiger partial charge in [-0.3, -0.25) is 15.0 Å². The van der Waals surface area contributed by atoms with Gasteiger partial charge < -0.3 is 18.9 Å². The number of allylic oxidation sites excluding steroid dienone is 2. The molecule has 296 valence electrons. The Bertz CT molecular complexity index is 3730. The molecule has 63 heavy (non-hydrogen) atoms. The Morgan fingerprint density at radius 2 is 0.873 bits per heavy atom. The Labute approximate surface area is 361 Å². The number of pyridine rings is 3. The molecule has 0 fully saturated rings. The van der Waals surface area contributed by atoms with Crippen LogP contribution in [0.1, 0.15) is 11.6 Å². The maximum atomic E-state index is 6.57. The predicted octanol–water partition coefficient (Wildman–Crippen LogP) is 13.7. The minimum absolute atomic E-state index is 0.0972. The van der Waals surface area contributed by atoms with Crippen molar-refractivity contribution in [3.05, 3.63) is 212 Å². The van der Waals surface area contributed by atoms with E-state index in [9.17, 15) is 0 Å². The third-order valence-electron chi connectivity index (χ3n) is 12.5. The molecule has 7 heterocycles. The molecule has 0 aliphatic carbocycles. The molecule has 0 spiro atoms. The SMILES string of the molecule is C1=CNC(c2ccc3c(c2)c2cc(-c4ccccn4)ccc2n3-c2ccc3oc4ccc(-n5c6ccc(-c7ccccn7)cc6c6cc(-c7ccccn7)ccc65)cc4c3c2)C=C1. The van der Waals surface area contributed by atoms with Gasteiger partial charge in [0.15, 0.2) is 0 Å². The molecule has 7 heteroatoms.